The molecule has 1 fully saturated rings. The second-order valence-corrected chi connectivity index (χ2v) is 17.6. The molecule has 8 atom stereocenters. The fraction of sp³-hybridized carbons (Fsp3) is 0.279. The number of benzene rings is 7. The van der Waals surface area contributed by atoms with Gasteiger partial charge < -0.3 is 47.4 Å². The van der Waals surface area contributed by atoms with Crippen LogP contribution in [-0.4, -0.2) is 62.2 Å². The first kappa shape index (κ1) is 49.5. The molecule has 71 heavy (non-hydrogen) atoms. The number of hydrogen-bond donors (Lipinski definition) is 0. The molecule has 0 N–H and O–H groups in total. The highest BCUT2D eigenvalue weighted by atomic mass is 16.7. The molecule has 1 saturated heterocycles. The van der Waals surface area contributed by atoms with Crippen LogP contribution in [0.15, 0.2) is 224 Å². The number of ether oxygens (including phenoxy) is 10. The van der Waals surface area contributed by atoms with E-state index in [0.29, 0.717) is 25.6 Å². The fourth-order valence-electron chi connectivity index (χ4n) is 8.62. The van der Waals surface area contributed by atoms with Crippen LogP contribution in [0.4, 0.5) is 0 Å². The van der Waals surface area contributed by atoms with Gasteiger partial charge in [-0.25, -0.2) is 0 Å². The van der Waals surface area contributed by atoms with Crippen molar-refractivity contribution >= 4 is 0 Å². The molecule has 0 aromatic heterocycles. The molecule has 0 saturated carbocycles. The molecule has 2 aliphatic heterocycles. The normalized spacial score (nSPS) is 22.0. The largest absolute Gasteiger partial charge is 0.489 e. The quantitative estimate of drug-likeness (QED) is 0.0551. The lowest BCUT2D eigenvalue weighted by Crippen LogP contribution is -2.63. The predicted molar refractivity (Wildman–Crippen MR) is 270 cm³/mol. The third-order valence-corrected chi connectivity index (χ3v) is 12.4. The summed E-state index contributed by atoms with van der Waals surface area (Å²) in [5, 5.41) is 0. The first-order valence-electron chi connectivity index (χ1n) is 24.4. The van der Waals surface area contributed by atoms with E-state index in [1.807, 2.05) is 212 Å². The zero-order chi connectivity index (χ0) is 48.1. The van der Waals surface area contributed by atoms with E-state index in [0.717, 1.165) is 38.9 Å². The van der Waals surface area contributed by atoms with Gasteiger partial charge in [0.15, 0.2) is 18.2 Å². The molecule has 10 nitrogen and oxygen atoms in total. The molecular formula is C61H62O10. The predicted octanol–water partition coefficient (Wildman–Crippen LogP) is 11.3. The summed E-state index contributed by atoms with van der Waals surface area (Å²) in [7, 11) is 0. The molecule has 10 heteroatoms. The van der Waals surface area contributed by atoms with Crippen LogP contribution in [0, 0.1) is 0 Å². The van der Waals surface area contributed by atoms with Crippen LogP contribution in [0.2, 0.25) is 0 Å². The van der Waals surface area contributed by atoms with Gasteiger partial charge in [0.05, 0.1) is 52.9 Å². The van der Waals surface area contributed by atoms with Gasteiger partial charge in [0.25, 0.3) is 0 Å². The van der Waals surface area contributed by atoms with Gasteiger partial charge >= 0.3 is 0 Å². The Morgan fingerprint density at radius 2 is 0.676 bits per heavy atom. The maximum Gasteiger partial charge on any atom is 0.187 e. The van der Waals surface area contributed by atoms with Crippen molar-refractivity contribution in [3.63, 3.8) is 0 Å². The summed E-state index contributed by atoms with van der Waals surface area (Å²) in [6.07, 6.45) is -4.65. The van der Waals surface area contributed by atoms with Crippen molar-refractivity contribution < 1.29 is 47.4 Å². The highest BCUT2D eigenvalue weighted by Gasteiger charge is 2.52. The molecule has 7 aromatic carbocycles. The van der Waals surface area contributed by atoms with Crippen LogP contribution >= 0.6 is 0 Å². The van der Waals surface area contributed by atoms with Gasteiger partial charge in [0.2, 0.25) is 0 Å². The molecule has 0 aliphatic carbocycles. The lowest BCUT2D eigenvalue weighted by Gasteiger charge is -2.48. The maximum absolute atomic E-state index is 7.43. The highest BCUT2D eigenvalue weighted by molar-refractivity contribution is 5.20. The van der Waals surface area contributed by atoms with Crippen molar-refractivity contribution in [1.29, 1.82) is 0 Å². The summed E-state index contributed by atoms with van der Waals surface area (Å²) in [5.41, 5.74) is 7.01. The van der Waals surface area contributed by atoms with E-state index in [9.17, 15) is 0 Å². The van der Waals surface area contributed by atoms with Crippen molar-refractivity contribution in [3.05, 3.63) is 263 Å². The smallest absolute Gasteiger partial charge is 0.187 e. The third kappa shape index (κ3) is 14.8. The Hall–Kier alpha value is -6.44. The fourth-order valence-corrected chi connectivity index (χ4v) is 8.62. The summed E-state index contributed by atoms with van der Waals surface area (Å²) >= 11 is 0. The average Bonchev–Trinajstić information content (AvgIpc) is 3.43. The minimum absolute atomic E-state index is 0.162. The second kappa shape index (κ2) is 26.7. The first-order valence-corrected chi connectivity index (χ1v) is 24.4. The highest BCUT2D eigenvalue weighted by Crippen LogP contribution is 2.36. The minimum atomic E-state index is -1.07. The second-order valence-electron chi connectivity index (χ2n) is 17.6. The average molecular weight is 955 g/mol. The van der Waals surface area contributed by atoms with Gasteiger partial charge in [0.1, 0.15) is 49.5 Å². The van der Waals surface area contributed by atoms with E-state index >= 15 is 0 Å². The first-order chi connectivity index (χ1) is 35.2. The van der Waals surface area contributed by atoms with Gasteiger partial charge in [-0.3, -0.25) is 0 Å². The van der Waals surface area contributed by atoms with Crippen molar-refractivity contribution in [2.45, 2.75) is 95.3 Å². The Kier molecular flexibility index (Phi) is 18.6. The summed E-state index contributed by atoms with van der Waals surface area (Å²) in [4.78, 5) is 0. The molecular weight excluding hydrogens is 893 g/mol. The van der Waals surface area contributed by atoms with Crippen LogP contribution < -0.4 is 0 Å². The molecule has 0 spiro atoms. The molecule has 9 rings (SSSR count). The lowest BCUT2D eigenvalue weighted by atomic mass is 9.97. The summed E-state index contributed by atoms with van der Waals surface area (Å²) in [5.74, 6) is 0.468. The Morgan fingerprint density at radius 1 is 0.324 bits per heavy atom. The lowest BCUT2D eigenvalue weighted by molar-refractivity contribution is -0.348. The summed E-state index contributed by atoms with van der Waals surface area (Å²) in [6, 6.07) is 70.4. The van der Waals surface area contributed by atoms with Gasteiger partial charge in [0, 0.05) is 0 Å². The molecule has 2 heterocycles. The Labute approximate surface area is 417 Å². The molecule has 0 bridgehead atoms. The van der Waals surface area contributed by atoms with Gasteiger partial charge in [-0.1, -0.05) is 212 Å². The minimum Gasteiger partial charge on any atom is -0.489 e. The molecule has 2 aliphatic rings. The Bertz CT molecular complexity index is 2570. The summed E-state index contributed by atoms with van der Waals surface area (Å²) < 4.78 is 68.8. The van der Waals surface area contributed by atoms with Crippen molar-refractivity contribution in [3.8, 4) is 0 Å². The topological polar surface area (TPSA) is 92.3 Å². The van der Waals surface area contributed by atoms with E-state index in [-0.39, 0.29) is 39.6 Å². The monoisotopic (exact) mass is 954 g/mol. The van der Waals surface area contributed by atoms with E-state index in [1.165, 1.54) is 0 Å². The van der Waals surface area contributed by atoms with Crippen LogP contribution in [0.5, 0.6) is 0 Å². The van der Waals surface area contributed by atoms with Crippen LogP contribution in [-0.2, 0) is 93.6 Å². The third-order valence-electron chi connectivity index (χ3n) is 12.4. The Morgan fingerprint density at radius 3 is 1.11 bits per heavy atom. The molecule has 7 aromatic rings. The van der Waals surface area contributed by atoms with E-state index in [1.54, 1.807) is 6.26 Å². The van der Waals surface area contributed by atoms with Crippen molar-refractivity contribution in [1.82, 2.24) is 0 Å². The van der Waals surface area contributed by atoms with Gasteiger partial charge in [-0.15, -0.1) is 0 Å². The molecule has 0 amide bonds. The van der Waals surface area contributed by atoms with Gasteiger partial charge in [-0.05, 0) is 38.9 Å². The van der Waals surface area contributed by atoms with Gasteiger partial charge in [-0.2, -0.15) is 0 Å². The van der Waals surface area contributed by atoms with E-state index < -0.39 is 49.0 Å². The molecule has 0 radical (unpaired) electrons. The van der Waals surface area contributed by atoms with E-state index in [2.05, 4.69) is 0 Å². The van der Waals surface area contributed by atoms with Crippen LogP contribution in [0.25, 0.3) is 0 Å². The zero-order valence-electron chi connectivity index (χ0n) is 39.8. The van der Waals surface area contributed by atoms with Crippen LogP contribution in [0.1, 0.15) is 38.9 Å². The van der Waals surface area contributed by atoms with Crippen molar-refractivity contribution in [2.75, 3.05) is 13.2 Å². The SMILES string of the molecule is C1=C(OCc2ccccc2)[C@@H](OCc2ccccc2)[C@H](O[C@H]2O[C@H](COCc3ccccc3)[C@@H](OCc3ccccc3)[C@H](OCc3ccccc3)[C@H]2OCc2ccccc2)[C@@H](COCc2ccccc2)O1. The maximum atomic E-state index is 7.43. The number of rotatable bonds is 25. The van der Waals surface area contributed by atoms with Crippen LogP contribution in [0.3, 0.4) is 0 Å². The number of hydrogen-bond acceptors (Lipinski definition) is 10. The van der Waals surface area contributed by atoms with E-state index in [4.69, 9.17) is 47.4 Å². The molecule has 366 valence electrons. The van der Waals surface area contributed by atoms with Crippen molar-refractivity contribution in [2.24, 2.45) is 0 Å². The standard InChI is InChI=1S/C61H62O10/c1-8-22-46(23-9-1)36-62-43-53-58(56(66-39-49-28-14-4-15-29-49)54(45-65-53)64-38-48-26-12-3-13-27-48)71-61-60(69-42-52-34-20-7-21-35-52)59(68-41-51-32-18-6-19-33-51)57(67-40-50-30-16-5-17-31-50)55(70-61)44-63-37-47-24-10-2-11-25-47/h1-35,45,53,55-61H,36-44H2/t53-,55-,56-,57-,58-,59+,60-,61-/m1/s1. The summed E-state index contributed by atoms with van der Waals surface area (Å²) in [6.45, 7) is 2.41. The zero-order valence-corrected chi connectivity index (χ0v) is 39.8. The Balaban J connectivity index is 1.09. The molecule has 0 unspecified atom stereocenters.